The summed E-state index contributed by atoms with van der Waals surface area (Å²) in [5.74, 6) is -0.847. The summed E-state index contributed by atoms with van der Waals surface area (Å²) >= 11 is 3.30. The van der Waals surface area contributed by atoms with E-state index in [1.165, 1.54) is 0 Å². The molecule has 0 saturated carbocycles. The molecule has 0 N–H and O–H groups in total. The molecule has 4 nitrogen and oxygen atoms in total. The molecular weight excluding hydrogens is 284 g/mol. The lowest BCUT2D eigenvalue weighted by atomic mass is 10.1. The predicted molar refractivity (Wildman–Crippen MR) is 69.4 cm³/mol. The Balaban J connectivity index is 2.31. The number of ketones is 1. The lowest BCUT2D eigenvalue weighted by Crippen LogP contribution is -2.35. The van der Waals surface area contributed by atoms with E-state index >= 15 is 0 Å². The summed E-state index contributed by atoms with van der Waals surface area (Å²) in [5.41, 5.74) is 1.20. The van der Waals surface area contributed by atoms with E-state index in [0.29, 0.717) is 17.8 Å². The van der Waals surface area contributed by atoms with Crippen molar-refractivity contribution in [3.05, 3.63) is 28.2 Å². The number of nitrogens with zero attached hydrogens (tertiary/aromatic N) is 2. The minimum atomic E-state index is -0.431. The lowest BCUT2D eigenvalue weighted by molar-refractivity contribution is -0.114. The summed E-state index contributed by atoms with van der Waals surface area (Å²) in [5, 5.41) is 0. The molecule has 1 heterocycles. The van der Waals surface area contributed by atoms with Crippen LogP contribution in [-0.2, 0) is 4.79 Å². The molecule has 0 fully saturated rings. The molecule has 1 aliphatic heterocycles. The molecule has 0 unspecified atom stereocenters. The molecular formula is C12H13BrN2O2. The summed E-state index contributed by atoms with van der Waals surface area (Å²) in [6.45, 7) is 1.26. The number of likely N-dealkylation sites (N-methyl/N-ethyl adjacent to an activating group) is 1. The van der Waals surface area contributed by atoms with E-state index in [1.807, 2.05) is 25.1 Å². The average Bonchev–Trinajstić information content (AvgIpc) is 2.50. The van der Waals surface area contributed by atoms with E-state index in [9.17, 15) is 9.59 Å². The molecule has 1 aromatic carbocycles. The number of carbonyl (C=O) groups is 2. The molecule has 0 saturated heterocycles. The van der Waals surface area contributed by atoms with Crippen molar-refractivity contribution in [1.29, 1.82) is 0 Å². The first kappa shape index (κ1) is 12.3. The topological polar surface area (TPSA) is 40.6 Å². The van der Waals surface area contributed by atoms with Gasteiger partial charge >= 0.3 is 0 Å². The Labute approximate surface area is 108 Å². The van der Waals surface area contributed by atoms with Gasteiger partial charge in [0.2, 0.25) is 0 Å². The number of benzene rings is 1. The minimum Gasteiger partial charge on any atom is -0.308 e. The lowest BCUT2D eigenvalue weighted by Gasteiger charge is -2.19. The summed E-state index contributed by atoms with van der Waals surface area (Å²) < 4.78 is 0.812. The van der Waals surface area contributed by atoms with Gasteiger partial charge in [0, 0.05) is 17.6 Å². The predicted octanol–water partition coefficient (Wildman–Crippen LogP) is 1.54. The van der Waals surface area contributed by atoms with Gasteiger partial charge in [0.15, 0.2) is 0 Å². The van der Waals surface area contributed by atoms with Crippen LogP contribution in [0.1, 0.15) is 10.4 Å². The summed E-state index contributed by atoms with van der Waals surface area (Å²) in [7, 11) is 3.87. The third-order valence-corrected chi connectivity index (χ3v) is 3.20. The Morgan fingerprint density at radius 3 is 2.65 bits per heavy atom. The van der Waals surface area contributed by atoms with E-state index in [4.69, 9.17) is 0 Å². The van der Waals surface area contributed by atoms with Crippen molar-refractivity contribution >= 4 is 33.3 Å². The van der Waals surface area contributed by atoms with E-state index < -0.39 is 11.7 Å². The van der Waals surface area contributed by atoms with Gasteiger partial charge in [-0.25, -0.2) is 0 Å². The van der Waals surface area contributed by atoms with Gasteiger partial charge in [-0.15, -0.1) is 0 Å². The SMILES string of the molecule is CN(C)CCN1C(=O)C(=O)c2cc(Br)ccc21. The fraction of sp³-hybridized carbons (Fsp3) is 0.333. The van der Waals surface area contributed by atoms with Crippen LogP contribution in [0.4, 0.5) is 5.69 Å². The second-order valence-electron chi connectivity index (χ2n) is 4.25. The Morgan fingerprint density at radius 2 is 2.00 bits per heavy atom. The van der Waals surface area contributed by atoms with Crippen molar-refractivity contribution in [3.8, 4) is 0 Å². The molecule has 0 spiro atoms. The van der Waals surface area contributed by atoms with Crippen molar-refractivity contribution in [2.75, 3.05) is 32.1 Å². The minimum absolute atomic E-state index is 0.417. The smallest absolute Gasteiger partial charge is 0.299 e. The van der Waals surface area contributed by atoms with Crippen molar-refractivity contribution in [2.24, 2.45) is 0 Å². The Kier molecular flexibility index (Phi) is 3.31. The first-order chi connectivity index (χ1) is 8.00. The molecule has 1 aliphatic rings. The number of carbonyl (C=O) groups excluding carboxylic acids is 2. The maximum absolute atomic E-state index is 11.8. The standard InChI is InChI=1S/C12H13BrN2O2/c1-14(2)5-6-15-10-4-3-8(13)7-9(10)11(16)12(15)17/h3-4,7H,5-6H2,1-2H3. The highest BCUT2D eigenvalue weighted by Gasteiger charge is 2.35. The number of amides is 1. The number of Topliss-reactive ketones (excluding diaryl/α,β-unsaturated/α-hetero) is 1. The van der Waals surface area contributed by atoms with E-state index in [1.54, 1.807) is 17.0 Å². The first-order valence-electron chi connectivity index (χ1n) is 5.31. The van der Waals surface area contributed by atoms with Gasteiger partial charge in [0.25, 0.3) is 11.7 Å². The van der Waals surface area contributed by atoms with Crippen LogP contribution in [0, 0.1) is 0 Å². The summed E-state index contributed by atoms with van der Waals surface area (Å²) in [6, 6.07) is 5.34. The third-order valence-electron chi connectivity index (χ3n) is 2.70. The number of fused-ring (bicyclic) bond motifs is 1. The molecule has 90 valence electrons. The van der Waals surface area contributed by atoms with Crippen molar-refractivity contribution in [2.45, 2.75) is 0 Å². The number of hydrogen-bond acceptors (Lipinski definition) is 3. The van der Waals surface area contributed by atoms with Crippen molar-refractivity contribution in [1.82, 2.24) is 4.90 Å². The van der Waals surface area contributed by atoms with Gasteiger partial charge in [-0.05, 0) is 32.3 Å². The second kappa shape index (κ2) is 4.58. The van der Waals surface area contributed by atoms with Gasteiger partial charge in [0.05, 0.1) is 11.3 Å². The molecule has 0 radical (unpaired) electrons. The van der Waals surface area contributed by atoms with Gasteiger partial charge in [-0.1, -0.05) is 15.9 Å². The average molecular weight is 297 g/mol. The second-order valence-corrected chi connectivity index (χ2v) is 5.17. The van der Waals surface area contributed by atoms with E-state index in [-0.39, 0.29) is 0 Å². The molecule has 17 heavy (non-hydrogen) atoms. The van der Waals surface area contributed by atoms with Crippen LogP contribution in [0.5, 0.6) is 0 Å². The fourth-order valence-corrected chi connectivity index (χ4v) is 2.16. The van der Waals surface area contributed by atoms with Crippen LogP contribution < -0.4 is 4.90 Å². The summed E-state index contributed by atoms with van der Waals surface area (Å²) in [4.78, 5) is 27.1. The zero-order valence-electron chi connectivity index (χ0n) is 9.74. The molecule has 0 aromatic heterocycles. The Hall–Kier alpha value is -1.20. The molecule has 0 aliphatic carbocycles. The van der Waals surface area contributed by atoms with Crippen LogP contribution in [-0.4, -0.2) is 43.8 Å². The van der Waals surface area contributed by atoms with Crippen LogP contribution in [0.2, 0.25) is 0 Å². The Bertz CT molecular complexity index is 485. The largest absolute Gasteiger partial charge is 0.308 e. The van der Waals surface area contributed by atoms with Crippen LogP contribution >= 0.6 is 15.9 Å². The van der Waals surface area contributed by atoms with E-state index in [2.05, 4.69) is 15.9 Å². The van der Waals surface area contributed by atoms with Gasteiger partial charge in [0.1, 0.15) is 0 Å². The molecule has 0 bridgehead atoms. The number of halogens is 1. The maximum Gasteiger partial charge on any atom is 0.299 e. The highest BCUT2D eigenvalue weighted by Crippen LogP contribution is 2.30. The highest BCUT2D eigenvalue weighted by molar-refractivity contribution is 9.10. The monoisotopic (exact) mass is 296 g/mol. The van der Waals surface area contributed by atoms with Gasteiger partial charge in [-0.2, -0.15) is 0 Å². The van der Waals surface area contributed by atoms with Crippen molar-refractivity contribution in [3.63, 3.8) is 0 Å². The molecule has 5 heteroatoms. The zero-order valence-corrected chi connectivity index (χ0v) is 11.3. The Morgan fingerprint density at radius 1 is 1.29 bits per heavy atom. The zero-order chi connectivity index (χ0) is 12.6. The molecule has 2 rings (SSSR count). The van der Waals surface area contributed by atoms with Crippen LogP contribution in [0.15, 0.2) is 22.7 Å². The fourth-order valence-electron chi connectivity index (χ4n) is 1.79. The van der Waals surface area contributed by atoms with E-state index in [0.717, 1.165) is 11.0 Å². The normalized spacial score (nSPS) is 14.7. The summed E-state index contributed by atoms with van der Waals surface area (Å²) in [6.07, 6.45) is 0. The molecule has 1 aromatic rings. The molecule has 1 amide bonds. The molecule has 0 atom stereocenters. The number of hydrogen-bond donors (Lipinski definition) is 0. The van der Waals surface area contributed by atoms with Crippen LogP contribution in [0.25, 0.3) is 0 Å². The quantitative estimate of drug-likeness (QED) is 0.795. The first-order valence-corrected chi connectivity index (χ1v) is 6.10. The number of rotatable bonds is 3. The highest BCUT2D eigenvalue weighted by atomic mass is 79.9. The van der Waals surface area contributed by atoms with Crippen molar-refractivity contribution < 1.29 is 9.59 Å². The van der Waals surface area contributed by atoms with Gasteiger partial charge < -0.3 is 9.80 Å². The third kappa shape index (κ3) is 2.25. The number of anilines is 1. The maximum atomic E-state index is 11.8. The van der Waals surface area contributed by atoms with Crippen LogP contribution in [0.3, 0.4) is 0 Å². The van der Waals surface area contributed by atoms with Gasteiger partial charge in [-0.3, -0.25) is 9.59 Å².